The van der Waals surface area contributed by atoms with Gasteiger partial charge in [0.25, 0.3) is 5.56 Å². The standard InChI is InChI=1S/C36H30ClN7O4S/c1-20-41-30-18-40-34(42(2)23-8-12-43(13-9-23)24-15-25(45)16-24)28(17-38)31(30)35(46)44(20)11-3-4-21-5-6-22(37)14-27(21)26-7-10-39-32-29(36(47)48)19-49-33(26)32/h5-7,10,14,18-19,23-24H,8-9,11-13,15-16H2,1-2H3,(H,47,48). The molecule has 1 aliphatic heterocycles. The number of Topliss-reactive ketones (excluding diaryl/α,β-unsaturated/α-hetero) is 1. The lowest BCUT2D eigenvalue weighted by Gasteiger charge is -2.43. The number of aryl methyl sites for hydroxylation is 1. The van der Waals surface area contributed by atoms with Gasteiger partial charge in [0.1, 0.15) is 29.1 Å². The van der Waals surface area contributed by atoms with E-state index in [9.17, 15) is 24.8 Å². The second-order valence-electron chi connectivity index (χ2n) is 12.3. The molecule has 5 aromatic rings. The maximum Gasteiger partial charge on any atom is 0.338 e. The zero-order valence-corrected chi connectivity index (χ0v) is 28.3. The lowest BCUT2D eigenvalue weighted by Crippen LogP contribution is -2.51. The van der Waals surface area contributed by atoms with E-state index in [0.717, 1.165) is 31.5 Å². The van der Waals surface area contributed by atoms with E-state index >= 15 is 0 Å². The fourth-order valence-electron chi connectivity index (χ4n) is 6.76. The van der Waals surface area contributed by atoms with Gasteiger partial charge in [0, 0.05) is 78.4 Å². The Labute approximate surface area is 290 Å². The number of fused-ring (bicyclic) bond motifs is 2. The Morgan fingerprint density at radius 3 is 2.65 bits per heavy atom. The summed E-state index contributed by atoms with van der Waals surface area (Å²) in [5, 5.41) is 22.2. The molecule has 7 rings (SSSR count). The Morgan fingerprint density at radius 1 is 1.16 bits per heavy atom. The van der Waals surface area contributed by atoms with Crippen molar-refractivity contribution in [2.24, 2.45) is 0 Å². The number of carboxylic acids is 1. The minimum absolute atomic E-state index is 0.0179. The highest BCUT2D eigenvalue weighted by atomic mass is 35.5. The molecule has 1 N–H and O–H groups in total. The van der Waals surface area contributed by atoms with Gasteiger partial charge in [-0.25, -0.2) is 14.8 Å². The van der Waals surface area contributed by atoms with Crippen LogP contribution in [0.2, 0.25) is 5.02 Å². The number of anilines is 1. The third kappa shape index (κ3) is 5.93. The first kappa shape index (κ1) is 32.4. The number of halogens is 1. The molecule has 0 unspecified atom stereocenters. The van der Waals surface area contributed by atoms with Gasteiger partial charge in [0.2, 0.25) is 0 Å². The number of carboxylic acid groups (broad SMARTS) is 1. The first-order chi connectivity index (χ1) is 23.6. The van der Waals surface area contributed by atoms with Gasteiger partial charge in [-0.3, -0.25) is 24.0 Å². The van der Waals surface area contributed by atoms with E-state index in [0.29, 0.717) is 68.2 Å². The van der Waals surface area contributed by atoms with Crippen LogP contribution in [0.4, 0.5) is 5.82 Å². The maximum atomic E-state index is 14.0. The normalized spacial score (nSPS) is 15.5. The minimum Gasteiger partial charge on any atom is -0.478 e. The smallest absolute Gasteiger partial charge is 0.338 e. The lowest BCUT2D eigenvalue weighted by atomic mass is 9.88. The number of pyridine rings is 2. The minimum atomic E-state index is -1.05. The van der Waals surface area contributed by atoms with Gasteiger partial charge in [0.05, 0.1) is 39.4 Å². The number of aromatic nitrogens is 4. The summed E-state index contributed by atoms with van der Waals surface area (Å²) in [6.07, 6.45) is 6.11. The second-order valence-corrected chi connectivity index (χ2v) is 13.7. The Hall–Kier alpha value is -5.14. The van der Waals surface area contributed by atoms with Gasteiger partial charge in [-0.05, 0) is 44.0 Å². The van der Waals surface area contributed by atoms with E-state index in [2.05, 4.69) is 37.8 Å². The fraction of sp³-hybridized carbons (Fsp3) is 0.306. The van der Waals surface area contributed by atoms with Crippen LogP contribution >= 0.6 is 22.9 Å². The van der Waals surface area contributed by atoms with E-state index in [1.54, 1.807) is 49.0 Å². The van der Waals surface area contributed by atoms with E-state index < -0.39 is 5.97 Å². The van der Waals surface area contributed by atoms with Crippen LogP contribution in [0.15, 0.2) is 46.8 Å². The van der Waals surface area contributed by atoms with E-state index in [1.165, 1.54) is 15.9 Å². The van der Waals surface area contributed by atoms with Crippen molar-refractivity contribution >= 4 is 61.6 Å². The van der Waals surface area contributed by atoms with Crippen molar-refractivity contribution in [3.8, 4) is 29.0 Å². The van der Waals surface area contributed by atoms with Gasteiger partial charge in [-0.15, -0.1) is 11.3 Å². The van der Waals surface area contributed by atoms with Crippen molar-refractivity contribution < 1.29 is 14.7 Å². The van der Waals surface area contributed by atoms with Crippen LogP contribution in [0.1, 0.15) is 53.0 Å². The summed E-state index contributed by atoms with van der Waals surface area (Å²) in [5.74, 6) is 6.43. The molecule has 0 atom stereocenters. The fourth-order valence-corrected chi connectivity index (χ4v) is 7.96. The topological polar surface area (TPSA) is 145 Å². The van der Waals surface area contributed by atoms with Crippen LogP contribution in [0.25, 0.3) is 32.2 Å². The summed E-state index contributed by atoms with van der Waals surface area (Å²) in [5.41, 5.74) is 2.79. The van der Waals surface area contributed by atoms with Crippen molar-refractivity contribution in [3.63, 3.8) is 0 Å². The molecular weight excluding hydrogens is 662 g/mol. The summed E-state index contributed by atoms with van der Waals surface area (Å²) in [6.45, 7) is 3.47. The SMILES string of the molecule is Cc1nc2cnc(N(C)C3CCN(C4CC(=O)C4)CC3)c(C#N)c2c(=O)n1CC#Cc1ccc(Cl)cc1-c1ccnc2c(C(=O)O)csc12. The average molecular weight is 692 g/mol. The Morgan fingerprint density at radius 2 is 1.94 bits per heavy atom. The molecule has 246 valence electrons. The van der Waals surface area contributed by atoms with Crippen LogP contribution in [-0.4, -0.2) is 73.5 Å². The van der Waals surface area contributed by atoms with Crippen molar-refractivity contribution in [1.29, 1.82) is 5.26 Å². The molecule has 4 aromatic heterocycles. The number of likely N-dealkylation sites (tertiary alicyclic amines) is 1. The van der Waals surface area contributed by atoms with Crippen LogP contribution in [0.5, 0.6) is 0 Å². The lowest BCUT2D eigenvalue weighted by molar-refractivity contribution is -0.128. The van der Waals surface area contributed by atoms with Gasteiger partial charge >= 0.3 is 5.97 Å². The number of rotatable bonds is 6. The molecule has 11 nitrogen and oxygen atoms in total. The average Bonchev–Trinajstić information content (AvgIpc) is 3.53. The molecule has 0 spiro atoms. The Kier molecular flexibility index (Phi) is 8.63. The molecule has 1 aromatic carbocycles. The summed E-state index contributed by atoms with van der Waals surface area (Å²) >= 11 is 7.68. The van der Waals surface area contributed by atoms with Crippen LogP contribution in [0.3, 0.4) is 0 Å². The number of ketones is 1. The predicted molar refractivity (Wildman–Crippen MR) is 188 cm³/mol. The van der Waals surface area contributed by atoms with Crippen molar-refractivity contribution in [3.05, 3.63) is 79.9 Å². The maximum absolute atomic E-state index is 14.0. The monoisotopic (exact) mass is 691 g/mol. The van der Waals surface area contributed by atoms with Crippen LogP contribution in [0, 0.1) is 30.1 Å². The number of carbonyl (C=O) groups excluding carboxylic acids is 1. The number of nitriles is 1. The van der Waals surface area contributed by atoms with Crippen molar-refractivity contribution in [2.75, 3.05) is 25.0 Å². The predicted octanol–water partition coefficient (Wildman–Crippen LogP) is 5.28. The number of nitrogens with zero attached hydrogens (tertiary/aromatic N) is 7. The molecule has 1 saturated carbocycles. The van der Waals surface area contributed by atoms with E-state index in [1.807, 2.05) is 11.9 Å². The molecule has 0 amide bonds. The summed E-state index contributed by atoms with van der Waals surface area (Å²) in [6, 6.07) is 9.80. The van der Waals surface area contributed by atoms with Crippen LogP contribution < -0.4 is 10.5 Å². The quantitative estimate of drug-likeness (QED) is 0.233. The second kappa shape index (κ2) is 13.1. The van der Waals surface area contributed by atoms with E-state index in [-0.39, 0.29) is 34.7 Å². The van der Waals surface area contributed by atoms with Crippen LogP contribution in [-0.2, 0) is 11.3 Å². The first-order valence-electron chi connectivity index (χ1n) is 15.8. The third-order valence-electron chi connectivity index (χ3n) is 9.52. The third-order valence-corrected chi connectivity index (χ3v) is 10.8. The highest BCUT2D eigenvalue weighted by Crippen LogP contribution is 2.36. The molecule has 2 aliphatic rings. The molecular formula is C36H30ClN7O4S. The van der Waals surface area contributed by atoms with Gasteiger partial charge in [-0.2, -0.15) is 5.26 Å². The van der Waals surface area contributed by atoms with Gasteiger partial charge < -0.3 is 10.0 Å². The zero-order valence-electron chi connectivity index (χ0n) is 26.7. The van der Waals surface area contributed by atoms with Gasteiger partial charge in [0.15, 0.2) is 0 Å². The molecule has 1 aliphatic carbocycles. The summed E-state index contributed by atoms with van der Waals surface area (Å²) in [7, 11) is 1.91. The highest BCUT2D eigenvalue weighted by Gasteiger charge is 2.35. The number of aromatic carboxylic acids is 1. The molecule has 1 saturated heterocycles. The molecule has 13 heteroatoms. The summed E-state index contributed by atoms with van der Waals surface area (Å²) in [4.78, 5) is 55.1. The highest BCUT2D eigenvalue weighted by molar-refractivity contribution is 7.18. The zero-order chi connectivity index (χ0) is 34.4. The number of thiophene rings is 1. The van der Waals surface area contributed by atoms with Crippen molar-refractivity contribution in [2.45, 2.75) is 51.2 Å². The number of hydrogen-bond donors (Lipinski definition) is 1. The van der Waals surface area contributed by atoms with E-state index in [4.69, 9.17) is 11.6 Å². The molecule has 0 radical (unpaired) electrons. The molecule has 5 heterocycles. The number of benzene rings is 1. The largest absolute Gasteiger partial charge is 0.478 e. The number of hydrogen-bond acceptors (Lipinski definition) is 10. The van der Waals surface area contributed by atoms with Crippen molar-refractivity contribution in [1.82, 2.24) is 24.4 Å². The number of piperidine rings is 1. The molecule has 2 fully saturated rings. The molecule has 49 heavy (non-hydrogen) atoms. The van der Waals surface area contributed by atoms with Gasteiger partial charge in [-0.1, -0.05) is 23.4 Å². The Bertz CT molecular complexity index is 2340. The first-order valence-corrected chi connectivity index (χ1v) is 17.1. The number of carbonyl (C=O) groups is 2. The Balaban J connectivity index is 1.19. The summed E-state index contributed by atoms with van der Waals surface area (Å²) < 4.78 is 2.16. The molecule has 0 bridgehead atoms.